The Morgan fingerprint density at radius 2 is 1.90 bits per heavy atom. The van der Waals surface area contributed by atoms with Gasteiger partial charge in [0.1, 0.15) is 23.4 Å². The Morgan fingerprint density at radius 1 is 1.21 bits per heavy atom. The number of rotatable bonds is 11. The maximum Gasteiger partial charge on any atom is 0.324 e. The average molecular weight is 409 g/mol. The lowest BCUT2D eigenvalue weighted by Crippen LogP contribution is -2.54. The molecule has 164 valence electrons. The summed E-state index contributed by atoms with van der Waals surface area (Å²) in [6.45, 7) is 7.69. The minimum atomic E-state index is -0.897. The molecule has 0 bridgehead atoms. The summed E-state index contributed by atoms with van der Waals surface area (Å²) < 4.78 is 11.3. The summed E-state index contributed by atoms with van der Waals surface area (Å²) in [5.41, 5.74) is 0.207. The van der Waals surface area contributed by atoms with Crippen molar-refractivity contribution in [3.05, 3.63) is 29.8 Å². The van der Waals surface area contributed by atoms with Gasteiger partial charge in [-0.3, -0.25) is 14.9 Å². The van der Waals surface area contributed by atoms with Gasteiger partial charge in [-0.25, -0.2) is 0 Å². The molecule has 0 radical (unpaired) electrons. The predicted molar refractivity (Wildman–Crippen MR) is 113 cm³/mol. The Bertz CT molecular complexity index is 655. The Balaban J connectivity index is 3.00. The van der Waals surface area contributed by atoms with Gasteiger partial charge in [-0.15, -0.1) is 0 Å². The van der Waals surface area contributed by atoms with Crippen LogP contribution in [0.5, 0.6) is 5.75 Å². The number of esters is 1. The number of hydrogen-bond acceptors (Lipinski definition) is 6. The van der Waals surface area contributed by atoms with E-state index in [0.29, 0.717) is 13.0 Å². The predicted octanol–water partition coefficient (Wildman–Crippen LogP) is 2.16. The molecule has 0 spiro atoms. The van der Waals surface area contributed by atoms with Crippen LogP contribution in [0.2, 0.25) is 0 Å². The van der Waals surface area contributed by atoms with E-state index < -0.39 is 30.3 Å². The molecular weight excluding hydrogens is 372 g/mol. The van der Waals surface area contributed by atoms with E-state index in [1.807, 2.05) is 24.3 Å². The van der Waals surface area contributed by atoms with E-state index in [9.17, 15) is 14.7 Å². The first-order valence-electron chi connectivity index (χ1n) is 10.1. The maximum absolute atomic E-state index is 12.8. The van der Waals surface area contributed by atoms with E-state index in [1.54, 1.807) is 34.9 Å². The van der Waals surface area contributed by atoms with Gasteiger partial charge in [0.05, 0.1) is 13.2 Å². The Kier molecular flexibility index (Phi) is 10.1. The third-order valence-corrected chi connectivity index (χ3v) is 4.12. The van der Waals surface area contributed by atoms with Crippen LogP contribution in [0.3, 0.4) is 0 Å². The highest BCUT2D eigenvalue weighted by atomic mass is 16.6. The second-order valence-corrected chi connectivity index (χ2v) is 8.27. The molecule has 0 heterocycles. The van der Waals surface area contributed by atoms with Crippen LogP contribution in [0, 0.1) is 0 Å². The summed E-state index contributed by atoms with van der Waals surface area (Å²) in [6, 6.07) is 5.84. The molecule has 1 aromatic rings. The van der Waals surface area contributed by atoms with E-state index in [1.165, 1.54) is 4.90 Å². The first-order chi connectivity index (χ1) is 13.6. The first kappa shape index (κ1) is 24.9. The molecule has 7 heteroatoms. The van der Waals surface area contributed by atoms with Crippen LogP contribution in [0.25, 0.3) is 0 Å². The van der Waals surface area contributed by atoms with Gasteiger partial charge in [0.25, 0.3) is 0 Å². The zero-order chi connectivity index (χ0) is 22.0. The van der Waals surface area contributed by atoms with Gasteiger partial charge in [-0.1, -0.05) is 25.5 Å². The number of benzene rings is 1. The van der Waals surface area contributed by atoms with Crippen LogP contribution >= 0.6 is 0 Å². The monoisotopic (exact) mass is 408 g/mol. The van der Waals surface area contributed by atoms with Crippen LogP contribution in [0.4, 0.5) is 0 Å². The third-order valence-electron chi connectivity index (χ3n) is 4.12. The number of ether oxygens (including phenoxy) is 2. The van der Waals surface area contributed by atoms with Crippen LogP contribution in [-0.2, 0) is 20.7 Å². The van der Waals surface area contributed by atoms with E-state index in [0.717, 1.165) is 24.2 Å². The Morgan fingerprint density at radius 3 is 2.45 bits per heavy atom. The lowest BCUT2D eigenvalue weighted by atomic mass is 10.0. The fraction of sp³-hybridized carbons (Fsp3) is 0.636. The van der Waals surface area contributed by atoms with Crippen molar-refractivity contribution in [2.45, 2.75) is 64.6 Å². The molecule has 7 nitrogen and oxygen atoms in total. The van der Waals surface area contributed by atoms with Gasteiger partial charge >= 0.3 is 5.97 Å². The molecule has 2 unspecified atom stereocenters. The lowest BCUT2D eigenvalue weighted by Gasteiger charge is -2.28. The summed E-state index contributed by atoms with van der Waals surface area (Å²) in [7, 11) is 3.21. The van der Waals surface area contributed by atoms with Crippen molar-refractivity contribution in [2.75, 3.05) is 27.3 Å². The van der Waals surface area contributed by atoms with Crippen LogP contribution in [-0.4, -0.2) is 66.9 Å². The largest absolute Gasteiger partial charge is 0.494 e. The van der Waals surface area contributed by atoms with Crippen molar-refractivity contribution < 1.29 is 24.2 Å². The van der Waals surface area contributed by atoms with Gasteiger partial charge in [-0.2, -0.15) is 0 Å². The quantitative estimate of drug-likeness (QED) is 0.431. The van der Waals surface area contributed by atoms with Crippen molar-refractivity contribution in [1.29, 1.82) is 0 Å². The fourth-order valence-electron chi connectivity index (χ4n) is 2.67. The topological polar surface area (TPSA) is 88.1 Å². The number of nitrogens with zero attached hydrogens (tertiary/aromatic N) is 1. The van der Waals surface area contributed by atoms with E-state index in [2.05, 4.69) is 12.2 Å². The summed E-state index contributed by atoms with van der Waals surface area (Å²) in [5, 5.41) is 12.6. The minimum absolute atomic E-state index is 0.303. The van der Waals surface area contributed by atoms with Crippen LogP contribution < -0.4 is 10.1 Å². The average Bonchev–Trinajstić information content (AvgIpc) is 2.63. The molecule has 1 rings (SSSR count). The highest BCUT2D eigenvalue weighted by Gasteiger charge is 2.30. The normalized spacial score (nSPS) is 13.5. The molecule has 1 amide bonds. The molecule has 0 fully saturated rings. The van der Waals surface area contributed by atoms with Crippen LogP contribution in [0.1, 0.15) is 46.1 Å². The number of hydrogen-bond donors (Lipinski definition) is 2. The van der Waals surface area contributed by atoms with Gasteiger partial charge in [0.15, 0.2) is 0 Å². The first-order valence-corrected chi connectivity index (χ1v) is 10.1. The second kappa shape index (κ2) is 11.8. The van der Waals surface area contributed by atoms with Gasteiger partial charge in [-0.05, 0) is 51.3 Å². The molecule has 2 atom stereocenters. The number of aliphatic hydroxyl groups excluding tert-OH is 1. The molecule has 29 heavy (non-hydrogen) atoms. The van der Waals surface area contributed by atoms with Crippen LogP contribution in [0.15, 0.2) is 24.3 Å². The minimum Gasteiger partial charge on any atom is -0.494 e. The van der Waals surface area contributed by atoms with Gasteiger partial charge in [0.2, 0.25) is 5.91 Å². The molecule has 2 N–H and O–H groups in total. The molecular formula is C22H36N2O5. The standard InChI is InChI=1S/C22H36N2O5/c1-7-8-12-28-17-11-9-10-16(13-17)14-18(21(27)29-22(2,3)4)23-19(15-25)20(26)24(5)6/h9-11,13,18-19,23,25H,7-8,12,14-15H2,1-6H3. The number of unbranched alkanes of at least 4 members (excludes halogenated alkanes) is 1. The summed E-state index contributed by atoms with van der Waals surface area (Å²) in [5.74, 6) is -0.0421. The molecule has 0 aliphatic carbocycles. The lowest BCUT2D eigenvalue weighted by molar-refractivity contribution is -0.158. The van der Waals surface area contributed by atoms with E-state index in [4.69, 9.17) is 9.47 Å². The van der Waals surface area contributed by atoms with Crippen molar-refractivity contribution >= 4 is 11.9 Å². The Labute approximate surface area is 174 Å². The maximum atomic E-state index is 12.8. The number of amides is 1. The zero-order valence-electron chi connectivity index (χ0n) is 18.5. The molecule has 0 aromatic heterocycles. The van der Waals surface area contributed by atoms with Gasteiger partial charge < -0.3 is 19.5 Å². The molecule has 0 aliphatic rings. The Hall–Kier alpha value is -2.12. The number of carbonyl (C=O) groups excluding carboxylic acids is 2. The summed E-state index contributed by atoms with van der Waals surface area (Å²) in [6.07, 6.45) is 2.32. The van der Waals surface area contributed by atoms with Crippen molar-refractivity contribution in [3.8, 4) is 5.75 Å². The van der Waals surface area contributed by atoms with E-state index in [-0.39, 0.29) is 5.91 Å². The van der Waals surface area contributed by atoms with Crippen molar-refractivity contribution in [2.24, 2.45) is 0 Å². The zero-order valence-corrected chi connectivity index (χ0v) is 18.5. The molecule has 1 aromatic carbocycles. The SMILES string of the molecule is CCCCOc1cccc(CC(NC(CO)C(=O)N(C)C)C(=O)OC(C)(C)C)c1. The molecule has 0 saturated heterocycles. The number of nitrogens with one attached hydrogen (secondary N) is 1. The highest BCUT2D eigenvalue weighted by Crippen LogP contribution is 2.17. The summed E-state index contributed by atoms with van der Waals surface area (Å²) >= 11 is 0. The number of carbonyl (C=O) groups is 2. The van der Waals surface area contributed by atoms with E-state index >= 15 is 0 Å². The number of likely N-dealkylation sites (N-methyl/N-ethyl adjacent to an activating group) is 1. The third kappa shape index (κ3) is 9.28. The summed E-state index contributed by atoms with van der Waals surface area (Å²) in [4.78, 5) is 26.5. The second-order valence-electron chi connectivity index (χ2n) is 8.27. The van der Waals surface area contributed by atoms with Gasteiger partial charge in [0, 0.05) is 14.1 Å². The highest BCUT2D eigenvalue weighted by molar-refractivity contribution is 5.83. The molecule has 0 saturated carbocycles. The molecule has 0 aliphatic heterocycles. The number of aliphatic hydroxyl groups is 1. The van der Waals surface area contributed by atoms with Crippen molar-refractivity contribution in [3.63, 3.8) is 0 Å². The smallest absolute Gasteiger partial charge is 0.324 e. The van der Waals surface area contributed by atoms with Crippen molar-refractivity contribution in [1.82, 2.24) is 10.2 Å². The fourth-order valence-corrected chi connectivity index (χ4v) is 2.67.